The summed E-state index contributed by atoms with van der Waals surface area (Å²) in [5, 5.41) is 4.02. The first-order chi connectivity index (χ1) is 9.69. The molecule has 0 bridgehead atoms. The Bertz CT molecular complexity index is 572. The van der Waals surface area contributed by atoms with Crippen molar-refractivity contribution in [1.29, 1.82) is 0 Å². The number of pyridine rings is 1. The summed E-state index contributed by atoms with van der Waals surface area (Å²) in [5.74, 6) is 1.33. The maximum absolute atomic E-state index is 5.99. The highest BCUT2D eigenvalue weighted by Crippen LogP contribution is 2.27. The molecule has 1 N–H and O–H groups in total. The lowest BCUT2D eigenvalue weighted by atomic mass is 10.2. The molecule has 0 saturated heterocycles. The molecule has 1 aromatic carbocycles. The lowest BCUT2D eigenvalue weighted by Crippen LogP contribution is -2.13. The molecule has 3 nitrogen and oxygen atoms in total. The number of ether oxygens (including phenoxy) is 1. The van der Waals surface area contributed by atoms with Gasteiger partial charge in [0.1, 0.15) is 5.75 Å². The third-order valence-electron chi connectivity index (χ3n) is 2.92. The Morgan fingerprint density at radius 1 is 1.25 bits per heavy atom. The highest BCUT2D eigenvalue weighted by Gasteiger charge is 2.04. The van der Waals surface area contributed by atoms with Gasteiger partial charge >= 0.3 is 0 Å². The van der Waals surface area contributed by atoms with Crippen LogP contribution in [0.2, 0.25) is 5.02 Å². The van der Waals surface area contributed by atoms with Gasteiger partial charge in [0.05, 0.1) is 0 Å². The summed E-state index contributed by atoms with van der Waals surface area (Å²) >= 11 is 5.99. The fraction of sp³-hybridized carbons (Fsp3) is 0.312. The smallest absolute Gasteiger partial charge is 0.219 e. The van der Waals surface area contributed by atoms with Gasteiger partial charge < -0.3 is 10.1 Å². The minimum absolute atomic E-state index is 0.589. The van der Waals surface area contributed by atoms with E-state index in [9.17, 15) is 0 Å². The zero-order valence-electron chi connectivity index (χ0n) is 11.8. The van der Waals surface area contributed by atoms with E-state index in [1.54, 1.807) is 12.3 Å². The average Bonchev–Trinajstić information content (AvgIpc) is 2.44. The van der Waals surface area contributed by atoms with E-state index in [2.05, 4.69) is 17.2 Å². The second-order valence-corrected chi connectivity index (χ2v) is 5.13. The largest absolute Gasteiger partial charge is 0.439 e. The number of halogens is 1. The number of hydrogen-bond donors (Lipinski definition) is 1. The molecule has 1 heterocycles. The molecular formula is C16H19ClN2O. The summed E-state index contributed by atoms with van der Waals surface area (Å²) in [5.41, 5.74) is 2.19. The van der Waals surface area contributed by atoms with Gasteiger partial charge in [-0.05, 0) is 49.2 Å². The third-order valence-corrected chi connectivity index (χ3v) is 3.15. The van der Waals surface area contributed by atoms with Gasteiger partial charge in [0, 0.05) is 23.8 Å². The van der Waals surface area contributed by atoms with Crippen LogP contribution in [-0.2, 0) is 6.54 Å². The minimum Gasteiger partial charge on any atom is -0.439 e. The molecule has 0 aliphatic rings. The van der Waals surface area contributed by atoms with E-state index in [1.165, 1.54) is 0 Å². The molecule has 0 spiro atoms. The molecule has 0 radical (unpaired) electrons. The van der Waals surface area contributed by atoms with Gasteiger partial charge in [0.25, 0.3) is 0 Å². The second-order valence-electron chi connectivity index (χ2n) is 4.69. The maximum atomic E-state index is 5.99. The summed E-state index contributed by atoms with van der Waals surface area (Å²) in [6.07, 6.45) is 2.88. The summed E-state index contributed by atoms with van der Waals surface area (Å²) < 4.78 is 5.81. The Hall–Kier alpha value is -1.58. The van der Waals surface area contributed by atoms with Crippen molar-refractivity contribution in [3.05, 3.63) is 52.7 Å². The van der Waals surface area contributed by atoms with Crippen molar-refractivity contribution >= 4 is 11.6 Å². The SMILES string of the molecule is CCCNCc1ccnc(Oc2cc(Cl)ccc2C)c1. The molecule has 0 fully saturated rings. The first-order valence-corrected chi connectivity index (χ1v) is 7.16. The van der Waals surface area contributed by atoms with Gasteiger partial charge in [-0.1, -0.05) is 24.6 Å². The predicted molar refractivity (Wildman–Crippen MR) is 82.5 cm³/mol. The normalized spacial score (nSPS) is 10.6. The van der Waals surface area contributed by atoms with Crippen molar-refractivity contribution in [2.75, 3.05) is 6.54 Å². The Morgan fingerprint density at radius 2 is 2.10 bits per heavy atom. The van der Waals surface area contributed by atoms with Crippen molar-refractivity contribution in [2.45, 2.75) is 26.8 Å². The van der Waals surface area contributed by atoms with Crippen molar-refractivity contribution < 1.29 is 4.74 Å². The van der Waals surface area contributed by atoms with Crippen LogP contribution < -0.4 is 10.1 Å². The van der Waals surface area contributed by atoms with Crippen LogP contribution in [0.4, 0.5) is 0 Å². The fourth-order valence-corrected chi connectivity index (χ4v) is 1.98. The van der Waals surface area contributed by atoms with Crippen LogP contribution in [0.1, 0.15) is 24.5 Å². The Balaban J connectivity index is 2.09. The monoisotopic (exact) mass is 290 g/mol. The van der Waals surface area contributed by atoms with Crippen molar-refractivity contribution in [3.63, 3.8) is 0 Å². The zero-order valence-corrected chi connectivity index (χ0v) is 12.6. The van der Waals surface area contributed by atoms with Crippen LogP contribution in [0.25, 0.3) is 0 Å². The summed E-state index contributed by atoms with van der Waals surface area (Å²) in [6, 6.07) is 9.52. The lowest BCUT2D eigenvalue weighted by molar-refractivity contribution is 0.458. The van der Waals surface area contributed by atoms with Crippen LogP contribution in [-0.4, -0.2) is 11.5 Å². The lowest BCUT2D eigenvalue weighted by Gasteiger charge is -2.09. The number of aryl methyl sites for hydroxylation is 1. The summed E-state index contributed by atoms with van der Waals surface area (Å²) in [6.45, 7) is 5.96. The quantitative estimate of drug-likeness (QED) is 0.804. The molecule has 106 valence electrons. The van der Waals surface area contributed by atoms with E-state index in [-0.39, 0.29) is 0 Å². The predicted octanol–water partition coefficient (Wildman–Crippen LogP) is 4.34. The Morgan fingerprint density at radius 3 is 2.90 bits per heavy atom. The van der Waals surface area contributed by atoms with E-state index in [1.807, 2.05) is 31.2 Å². The van der Waals surface area contributed by atoms with Crippen LogP contribution in [0.3, 0.4) is 0 Å². The van der Waals surface area contributed by atoms with Gasteiger partial charge in [-0.25, -0.2) is 4.98 Å². The molecule has 2 aromatic rings. The highest BCUT2D eigenvalue weighted by molar-refractivity contribution is 6.30. The molecule has 0 unspecified atom stereocenters. The number of benzene rings is 1. The molecule has 4 heteroatoms. The molecule has 20 heavy (non-hydrogen) atoms. The maximum Gasteiger partial charge on any atom is 0.219 e. The van der Waals surface area contributed by atoms with E-state index < -0.39 is 0 Å². The molecule has 2 rings (SSSR count). The zero-order chi connectivity index (χ0) is 14.4. The van der Waals surface area contributed by atoms with Gasteiger partial charge in [0.15, 0.2) is 0 Å². The molecule has 0 atom stereocenters. The van der Waals surface area contributed by atoms with E-state index in [4.69, 9.17) is 16.3 Å². The topological polar surface area (TPSA) is 34.2 Å². The van der Waals surface area contributed by atoms with Crippen LogP contribution >= 0.6 is 11.6 Å². The molecule has 0 aliphatic carbocycles. The third kappa shape index (κ3) is 4.22. The molecule has 1 aromatic heterocycles. The van der Waals surface area contributed by atoms with Crippen LogP contribution in [0, 0.1) is 6.92 Å². The van der Waals surface area contributed by atoms with E-state index >= 15 is 0 Å². The molecule has 0 aliphatic heterocycles. The standard InChI is InChI=1S/C16H19ClN2O/c1-3-7-18-11-13-6-8-19-16(9-13)20-15-10-14(17)5-4-12(15)2/h4-6,8-10,18H,3,7,11H2,1-2H3. The minimum atomic E-state index is 0.589. The van der Waals surface area contributed by atoms with Crippen LogP contribution in [0.15, 0.2) is 36.5 Å². The summed E-state index contributed by atoms with van der Waals surface area (Å²) in [4.78, 5) is 4.24. The molecular weight excluding hydrogens is 272 g/mol. The average molecular weight is 291 g/mol. The van der Waals surface area contributed by atoms with Crippen molar-refractivity contribution in [1.82, 2.24) is 10.3 Å². The Labute approximate surface area is 124 Å². The van der Waals surface area contributed by atoms with Crippen LogP contribution in [0.5, 0.6) is 11.6 Å². The number of nitrogens with zero attached hydrogens (tertiary/aromatic N) is 1. The van der Waals surface area contributed by atoms with Gasteiger partial charge in [-0.2, -0.15) is 0 Å². The fourth-order valence-electron chi connectivity index (χ4n) is 1.82. The summed E-state index contributed by atoms with van der Waals surface area (Å²) in [7, 11) is 0. The number of aromatic nitrogens is 1. The van der Waals surface area contributed by atoms with Gasteiger partial charge in [-0.15, -0.1) is 0 Å². The van der Waals surface area contributed by atoms with Crippen molar-refractivity contribution in [3.8, 4) is 11.6 Å². The van der Waals surface area contributed by atoms with Crippen molar-refractivity contribution in [2.24, 2.45) is 0 Å². The molecule has 0 amide bonds. The Kier molecular flexibility index (Phi) is 5.39. The number of rotatable bonds is 6. The molecule has 0 saturated carbocycles. The van der Waals surface area contributed by atoms with E-state index in [0.717, 1.165) is 36.4 Å². The van der Waals surface area contributed by atoms with Gasteiger partial charge in [0.2, 0.25) is 5.88 Å². The van der Waals surface area contributed by atoms with Gasteiger partial charge in [-0.3, -0.25) is 0 Å². The second kappa shape index (κ2) is 7.27. The van der Waals surface area contributed by atoms with E-state index in [0.29, 0.717) is 10.9 Å². The first kappa shape index (κ1) is 14.8. The number of hydrogen-bond acceptors (Lipinski definition) is 3. The first-order valence-electron chi connectivity index (χ1n) is 6.78. The highest BCUT2D eigenvalue weighted by atomic mass is 35.5. The number of nitrogens with one attached hydrogen (secondary N) is 1.